The third kappa shape index (κ3) is 4.91. The molecule has 0 saturated carbocycles. The molecule has 2 atom stereocenters. The number of aromatic nitrogens is 2. The van der Waals surface area contributed by atoms with Gasteiger partial charge in [0.25, 0.3) is 0 Å². The van der Waals surface area contributed by atoms with Crippen LogP contribution in [0.3, 0.4) is 0 Å². The lowest BCUT2D eigenvalue weighted by molar-refractivity contribution is -0.140. The molecule has 0 radical (unpaired) electrons. The second-order valence-electron chi connectivity index (χ2n) is 4.88. The Hall–Kier alpha value is -2.05. The van der Waals surface area contributed by atoms with Gasteiger partial charge >= 0.3 is 12.0 Å². The number of hydrogen-bond donors (Lipinski definition) is 3. The Labute approximate surface area is 118 Å². The van der Waals surface area contributed by atoms with E-state index in [1.165, 1.54) is 0 Å². The number of amides is 2. The highest BCUT2D eigenvalue weighted by atomic mass is 16.4. The standard InChI is InChI=1S/C13H22N4O3/c1-4-10(3)11(12(18)19)16-13(20)14-5-6-17-8-9(2)7-15-17/h7-8,10-11H,4-6H2,1-3H3,(H,18,19)(H2,14,16,20). The molecule has 0 aliphatic heterocycles. The van der Waals surface area contributed by atoms with Gasteiger partial charge in [-0.3, -0.25) is 4.68 Å². The molecule has 112 valence electrons. The highest BCUT2D eigenvalue weighted by molar-refractivity contribution is 5.82. The van der Waals surface area contributed by atoms with Crippen molar-refractivity contribution in [2.24, 2.45) is 5.92 Å². The van der Waals surface area contributed by atoms with Crippen molar-refractivity contribution in [2.75, 3.05) is 6.54 Å². The fraction of sp³-hybridized carbons (Fsp3) is 0.615. The topological polar surface area (TPSA) is 96.3 Å². The maximum absolute atomic E-state index is 11.7. The number of carbonyl (C=O) groups excluding carboxylic acids is 1. The number of aryl methyl sites for hydroxylation is 1. The number of carboxylic acid groups (broad SMARTS) is 1. The first-order valence-electron chi connectivity index (χ1n) is 6.70. The monoisotopic (exact) mass is 282 g/mol. The van der Waals surface area contributed by atoms with Crippen LogP contribution in [0.25, 0.3) is 0 Å². The van der Waals surface area contributed by atoms with Crippen LogP contribution in [0.1, 0.15) is 25.8 Å². The Morgan fingerprint density at radius 3 is 2.70 bits per heavy atom. The Morgan fingerprint density at radius 1 is 1.50 bits per heavy atom. The summed E-state index contributed by atoms with van der Waals surface area (Å²) in [6, 6.07) is -1.34. The van der Waals surface area contributed by atoms with E-state index in [0.29, 0.717) is 19.5 Å². The molecule has 1 rings (SSSR count). The SMILES string of the molecule is CCC(C)C(NC(=O)NCCn1cc(C)cn1)C(=O)O. The van der Waals surface area contributed by atoms with E-state index in [1.807, 2.05) is 20.0 Å². The van der Waals surface area contributed by atoms with Crippen LogP contribution in [0.15, 0.2) is 12.4 Å². The van der Waals surface area contributed by atoms with Crippen LogP contribution in [-0.2, 0) is 11.3 Å². The van der Waals surface area contributed by atoms with E-state index in [-0.39, 0.29) is 5.92 Å². The molecule has 20 heavy (non-hydrogen) atoms. The van der Waals surface area contributed by atoms with Gasteiger partial charge in [-0.1, -0.05) is 20.3 Å². The van der Waals surface area contributed by atoms with Crippen LogP contribution in [0.4, 0.5) is 4.79 Å². The van der Waals surface area contributed by atoms with Gasteiger partial charge in [-0.15, -0.1) is 0 Å². The molecule has 7 heteroatoms. The third-order valence-corrected chi connectivity index (χ3v) is 3.15. The minimum atomic E-state index is -1.02. The van der Waals surface area contributed by atoms with Crippen molar-refractivity contribution in [3.63, 3.8) is 0 Å². The Balaban J connectivity index is 2.36. The van der Waals surface area contributed by atoms with E-state index < -0.39 is 18.0 Å². The van der Waals surface area contributed by atoms with Crippen molar-refractivity contribution < 1.29 is 14.7 Å². The molecule has 1 heterocycles. The molecule has 0 fully saturated rings. The lowest BCUT2D eigenvalue weighted by Gasteiger charge is -2.20. The van der Waals surface area contributed by atoms with E-state index in [0.717, 1.165) is 5.56 Å². The largest absolute Gasteiger partial charge is 0.480 e. The van der Waals surface area contributed by atoms with Gasteiger partial charge in [0.05, 0.1) is 12.7 Å². The number of carbonyl (C=O) groups is 2. The zero-order valence-electron chi connectivity index (χ0n) is 12.1. The number of aliphatic carboxylic acids is 1. The molecule has 1 aromatic rings. The zero-order chi connectivity index (χ0) is 15.1. The van der Waals surface area contributed by atoms with Crippen LogP contribution in [-0.4, -0.2) is 39.5 Å². The van der Waals surface area contributed by atoms with Gasteiger partial charge in [-0.05, 0) is 18.4 Å². The van der Waals surface area contributed by atoms with Gasteiger partial charge in [0.15, 0.2) is 0 Å². The Bertz CT molecular complexity index is 458. The first-order chi connectivity index (χ1) is 9.43. The van der Waals surface area contributed by atoms with Crippen LogP contribution in [0.2, 0.25) is 0 Å². The van der Waals surface area contributed by atoms with E-state index in [1.54, 1.807) is 17.8 Å². The molecule has 0 bridgehead atoms. The minimum absolute atomic E-state index is 0.119. The minimum Gasteiger partial charge on any atom is -0.480 e. The molecule has 0 saturated heterocycles. The predicted molar refractivity (Wildman–Crippen MR) is 74.4 cm³/mol. The summed E-state index contributed by atoms with van der Waals surface area (Å²) >= 11 is 0. The number of hydrogen-bond acceptors (Lipinski definition) is 3. The highest BCUT2D eigenvalue weighted by Crippen LogP contribution is 2.07. The molecule has 0 aliphatic carbocycles. The first-order valence-corrected chi connectivity index (χ1v) is 6.70. The molecule has 0 aromatic carbocycles. The van der Waals surface area contributed by atoms with E-state index in [4.69, 9.17) is 5.11 Å². The summed E-state index contributed by atoms with van der Waals surface area (Å²) in [5.41, 5.74) is 1.05. The van der Waals surface area contributed by atoms with Gasteiger partial charge in [0.1, 0.15) is 6.04 Å². The second kappa shape index (κ2) is 7.52. The Kier molecular flexibility index (Phi) is 6.02. The molecule has 2 unspecified atom stereocenters. The number of carboxylic acids is 1. The summed E-state index contributed by atoms with van der Waals surface area (Å²) < 4.78 is 1.72. The maximum Gasteiger partial charge on any atom is 0.326 e. The normalized spacial score (nSPS) is 13.6. The fourth-order valence-electron chi connectivity index (χ4n) is 1.75. The fourth-order valence-corrected chi connectivity index (χ4v) is 1.75. The van der Waals surface area contributed by atoms with Crippen molar-refractivity contribution in [3.05, 3.63) is 18.0 Å². The van der Waals surface area contributed by atoms with Crippen molar-refractivity contribution in [3.8, 4) is 0 Å². The average Bonchev–Trinajstić information content (AvgIpc) is 2.80. The van der Waals surface area contributed by atoms with Crippen LogP contribution in [0.5, 0.6) is 0 Å². The Morgan fingerprint density at radius 2 is 2.20 bits per heavy atom. The first kappa shape index (κ1) is 16.0. The summed E-state index contributed by atoms with van der Waals surface area (Å²) in [6.07, 6.45) is 4.30. The summed E-state index contributed by atoms with van der Waals surface area (Å²) in [5.74, 6) is -1.13. The van der Waals surface area contributed by atoms with Crippen molar-refractivity contribution in [2.45, 2.75) is 39.8 Å². The van der Waals surface area contributed by atoms with Crippen molar-refractivity contribution >= 4 is 12.0 Å². The lowest BCUT2D eigenvalue weighted by atomic mass is 9.99. The molecule has 7 nitrogen and oxygen atoms in total. The lowest BCUT2D eigenvalue weighted by Crippen LogP contribution is -2.49. The van der Waals surface area contributed by atoms with Crippen LogP contribution in [0, 0.1) is 12.8 Å². The van der Waals surface area contributed by atoms with Gasteiger partial charge in [-0.25, -0.2) is 9.59 Å². The van der Waals surface area contributed by atoms with Gasteiger partial charge in [-0.2, -0.15) is 5.10 Å². The number of rotatable bonds is 7. The van der Waals surface area contributed by atoms with E-state index in [9.17, 15) is 9.59 Å². The number of nitrogens with one attached hydrogen (secondary N) is 2. The van der Waals surface area contributed by atoms with Gasteiger partial charge in [0.2, 0.25) is 0 Å². The summed E-state index contributed by atoms with van der Waals surface area (Å²) in [6.45, 7) is 6.56. The zero-order valence-corrected chi connectivity index (χ0v) is 12.1. The summed E-state index contributed by atoms with van der Waals surface area (Å²) in [7, 11) is 0. The molecule has 2 amide bonds. The van der Waals surface area contributed by atoms with Gasteiger partial charge in [0, 0.05) is 12.7 Å². The molecule has 1 aromatic heterocycles. The third-order valence-electron chi connectivity index (χ3n) is 3.15. The molecule has 3 N–H and O–H groups in total. The molecular formula is C13H22N4O3. The summed E-state index contributed by atoms with van der Waals surface area (Å²) in [4.78, 5) is 22.7. The average molecular weight is 282 g/mol. The van der Waals surface area contributed by atoms with Crippen LogP contribution < -0.4 is 10.6 Å². The maximum atomic E-state index is 11.7. The molecule has 0 aliphatic rings. The summed E-state index contributed by atoms with van der Waals surface area (Å²) in [5, 5.41) is 18.3. The molecule has 0 spiro atoms. The molecular weight excluding hydrogens is 260 g/mol. The van der Waals surface area contributed by atoms with E-state index >= 15 is 0 Å². The van der Waals surface area contributed by atoms with Crippen LogP contribution >= 0.6 is 0 Å². The van der Waals surface area contributed by atoms with Gasteiger partial charge < -0.3 is 15.7 Å². The highest BCUT2D eigenvalue weighted by Gasteiger charge is 2.24. The number of nitrogens with zero attached hydrogens (tertiary/aromatic N) is 2. The van der Waals surface area contributed by atoms with Crippen molar-refractivity contribution in [1.29, 1.82) is 0 Å². The van der Waals surface area contributed by atoms with E-state index in [2.05, 4.69) is 15.7 Å². The smallest absolute Gasteiger partial charge is 0.326 e. The predicted octanol–water partition coefficient (Wildman–Crippen LogP) is 0.990. The second-order valence-corrected chi connectivity index (χ2v) is 4.88. The quantitative estimate of drug-likeness (QED) is 0.695. The number of urea groups is 1. The van der Waals surface area contributed by atoms with Crippen molar-refractivity contribution in [1.82, 2.24) is 20.4 Å².